The van der Waals surface area contributed by atoms with Crippen molar-refractivity contribution in [2.24, 2.45) is 5.92 Å². The topological polar surface area (TPSA) is 75.7 Å². The molecule has 1 amide bonds. The summed E-state index contributed by atoms with van der Waals surface area (Å²) in [4.78, 5) is 12.5. The van der Waals surface area contributed by atoms with E-state index in [0.29, 0.717) is 43.9 Å². The minimum absolute atomic E-state index is 0.0943. The van der Waals surface area contributed by atoms with Crippen LogP contribution in [0.3, 0.4) is 0 Å². The minimum atomic E-state index is -3.45. The van der Waals surface area contributed by atoms with E-state index >= 15 is 0 Å². The number of amides is 1. The molecule has 0 radical (unpaired) electrons. The summed E-state index contributed by atoms with van der Waals surface area (Å²) in [6, 6.07) is 13.8. The minimum Gasteiger partial charge on any atom is -0.379 e. The molecule has 2 atom stereocenters. The molecule has 160 valence electrons. The second-order valence-electron chi connectivity index (χ2n) is 7.72. The maximum atomic E-state index is 13.9. The van der Waals surface area contributed by atoms with E-state index in [9.17, 15) is 17.6 Å². The monoisotopic (exact) mass is 432 g/mol. The van der Waals surface area contributed by atoms with E-state index in [1.54, 1.807) is 30.3 Å². The highest BCUT2D eigenvalue weighted by Gasteiger charge is 2.45. The molecule has 2 fully saturated rings. The van der Waals surface area contributed by atoms with Gasteiger partial charge in [0.05, 0.1) is 19.0 Å². The van der Waals surface area contributed by atoms with Crippen LogP contribution in [0.15, 0.2) is 48.5 Å². The van der Waals surface area contributed by atoms with Crippen LogP contribution in [-0.2, 0) is 31.9 Å². The normalized spacial score (nSPS) is 21.9. The van der Waals surface area contributed by atoms with Crippen molar-refractivity contribution in [1.82, 2.24) is 9.62 Å². The molecule has 1 aliphatic heterocycles. The molecule has 4 rings (SSSR count). The molecule has 30 heavy (non-hydrogen) atoms. The Kier molecular flexibility index (Phi) is 6.17. The second-order valence-corrected chi connectivity index (χ2v) is 9.69. The van der Waals surface area contributed by atoms with Crippen LogP contribution in [0.1, 0.15) is 29.0 Å². The van der Waals surface area contributed by atoms with E-state index in [4.69, 9.17) is 4.74 Å². The van der Waals surface area contributed by atoms with Crippen molar-refractivity contribution in [1.29, 1.82) is 0 Å². The predicted octanol–water partition coefficient (Wildman–Crippen LogP) is 2.41. The average molecular weight is 433 g/mol. The van der Waals surface area contributed by atoms with Crippen molar-refractivity contribution in [3.63, 3.8) is 0 Å². The van der Waals surface area contributed by atoms with Crippen molar-refractivity contribution in [3.05, 3.63) is 71.0 Å². The van der Waals surface area contributed by atoms with Crippen LogP contribution in [0, 0.1) is 11.7 Å². The fourth-order valence-electron chi connectivity index (χ4n) is 3.90. The highest BCUT2D eigenvalue weighted by Crippen LogP contribution is 2.48. The molecule has 1 aliphatic carbocycles. The lowest BCUT2D eigenvalue weighted by atomic mass is 10.1. The first-order valence-electron chi connectivity index (χ1n) is 10.1. The van der Waals surface area contributed by atoms with Crippen molar-refractivity contribution in [2.45, 2.75) is 24.6 Å². The van der Waals surface area contributed by atoms with Gasteiger partial charge in [0.1, 0.15) is 5.82 Å². The van der Waals surface area contributed by atoms with Crippen LogP contribution in [0.5, 0.6) is 0 Å². The summed E-state index contributed by atoms with van der Waals surface area (Å²) in [7, 11) is -3.45. The van der Waals surface area contributed by atoms with Crippen LogP contribution in [0.2, 0.25) is 0 Å². The molecule has 1 saturated heterocycles. The lowest BCUT2D eigenvalue weighted by molar-refractivity contribution is -0.122. The quantitative estimate of drug-likeness (QED) is 0.729. The number of nitrogens with zero attached hydrogens (tertiary/aromatic N) is 1. The molecule has 8 heteroatoms. The van der Waals surface area contributed by atoms with Gasteiger partial charge in [-0.15, -0.1) is 0 Å². The first kappa shape index (κ1) is 21.0. The molecule has 1 N–H and O–H groups in total. The molecule has 2 aromatic rings. The number of carbonyl (C=O) groups is 1. The zero-order valence-electron chi connectivity index (χ0n) is 16.6. The molecule has 1 heterocycles. The second kappa shape index (κ2) is 8.83. The number of hydrogen-bond donors (Lipinski definition) is 1. The Morgan fingerprint density at radius 2 is 1.73 bits per heavy atom. The fraction of sp³-hybridized carbons (Fsp3) is 0.409. The molecule has 0 spiro atoms. The lowest BCUT2D eigenvalue weighted by Crippen LogP contribution is -2.41. The molecule has 2 aromatic carbocycles. The Morgan fingerprint density at radius 1 is 1.07 bits per heavy atom. The van der Waals surface area contributed by atoms with E-state index in [0.717, 1.165) is 5.56 Å². The molecular weight excluding hydrogens is 407 g/mol. The van der Waals surface area contributed by atoms with Gasteiger partial charge in [-0.2, -0.15) is 4.31 Å². The highest BCUT2D eigenvalue weighted by atomic mass is 32.2. The number of nitrogens with one attached hydrogen (secondary N) is 1. The molecule has 0 aromatic heterocycles. The van der Waals surface area contributed by atoms with Gasteiger partial charge in [-0.25, -0.2) is 12.8 Å². The number of halogens is 1. The van der Waals surface area contributed by atoms with Gasteiger partial charge in [0.2, 0.25) is 15.9 Å². The van der Waals surface area contributed by atoms with Gasteiger partial charge < -0.3 is 10.1 Å². The molecular formula is C22H25FN2O4S. The zero-order valence-corrected chi connectivity index (χ0v) is 17.4. The van der Waals surface area contributed by atoms with Gasteiger partial charge in [0, 0.05) is 25.6 Å². The SMILES string of the molecule is O=C(NCc1ccccc1CS(=O)(=O)N1CCOCC1)C1CC1c1ccccc1F. The van der Waals surface area contributed by atoms with Crippen LogP contribution in [0.4, 0.5) is 4.39 Å². The van der Waals surface area contributed by atoms with Crippen LogP contribution in [0.25, 0.3) is 0 Å². The number of ether oxygens (including phenoxy) is 1. The van der Waals surface area contributed by atoms with Gasteiger partial charge in [-0.05, 0) is 35.1 Å². The van der Waals surface area contributed by atoms with Crippen molar-refractivity contribution in [2.75, 3.05) is 26.3 Å². The van der Waals surface area contributed by atoms with Gasteiger partial charge >= 0.3 is 0 Å². The first-order valence-corrected chi connectivity index (χ1v) is 11.7. The summed E-state index contributed by atoms with van der Waals surface area (Å²) >= 11 is 0. The molecule has 6 nitrogen and oxygen atoms in total. The average Bonchev–Trinajstić information content (AvgIpc) is 3.54. The lowest BCUT2D eigenvalue weighted by Gasteiger charge is -2.26. The Morgan fingerprint density at radius 3 is 2.47 bits per heavy atom. The summed E-state index contributed by atoms with van der Waals surface area (Å²) < 4.78 is 46.1. The Hall–Kier alpha value is -2.29. The highest BCUT2D eigenvalue weighted by molar-refractivity contribution is 7.88. The van der Waals surface area contributed by atoms with E-state index in [1.165, 1.54) is 10.4 Å². The summed E-state index contributed by atoms with van der Waals surface area (Å²) in [6.45, 7) is 1.78. The number of sulfonamides is 1. The third kappa shape index (κ3) is 4.71. The maximum absolute atomic E-state index is 13.9. The van der Waals surface area contributed by atoms with Crippen LogP contribution in [-0.4, -0.2) is 44.9 Å². The van der Waals surface area contributed by atoms with Crippen molar-refractivity contribution in [3.8, 4) is 0 Å². The van der Waals surface area contributed by atoms with E-state index in [1.807, 2.05) is 12.1 Å². The molecule has 2 unspecified atom stereocenters. The first-order chi connectivity index (χ1) is 14.5. The summed E-state index contributed by atoms with van der Waals surface area (Å²) in [5.74, 6) is -0.861. The van der Waals surface area contributed by atoms with Crippen LogP contribution < -0.4 is 5.32 Å². The zero-order chi connectivity index (χ0) is 21.1. The summed E-state index contributed by atoms with van der Waals surface area (Å²) in [5, 5.41) is 2.90. The summed E-state index contributed by atoms with van der Waals surface area (Å²) in [5.41, 5.74) is 2.02. The van der Waals surface area contributed by atoms with Crippen molar-refractivity contribution >= 4 is 15.9 Å². The molecule has 2 aliphatic rings. The van der Waals surface area contributed by atoms with Crippen molar-refractivity contribution < 1.29 is 22.3 Å². The Balaban J connectivity index is 1.38. The van der Waals surface area contributed by atoms with Gasteiger partial charge in [0.15, 0.2) is 0 Å². The van der Waals surface area contributed by atoms with E-state index in [-0.39, 0.29) is 35.9 Å². The van der Waals surface area contributed by atoms with E-state index in [2.05, 4.69) is 5.32 Å². The van der Waals surface area contributed by atoms with Gasteiger partial charge in [0.25, 0.3) is 0 Å². The third-order valence-corrected chi connectivity index (χ3v) is 7.53. The molecule has 0 bridgehead atoms. The standard InChI is InChI=1S/C22H25FN2O4S/c23-21-8-4-3-7-18(21)19-13-20(19)22(26)24-14-16-5-1-2-6-17(16)15-30(27,28)25-9-11-29-12-10-25/h1-8,19-20H,9-15H2,(H,24,26). The third-order valence-electron chi connectivity index (χ3n) is 5.70. The van der Waals surface area contributed by atoms with Crippen LogP contribution >= 0.6 is 0 Å². The Bertz CT molecular complexity index is 1020. The summed E-state index contributed by atoms with van der Waals surface area (Å²) in [6.07, 6.45) is 0.625. The van der Waals surface area contributed by atoms with Gasteiger partial charge in [-0.1, -0.05) is 42.5 Å². The predicted molar refractivity (Wildman–Crippen MR) is 111 cm³/mol. The fourth-order valence-corrected chi connectivity index (χ4v) is 5.46. The molecule has 1 saturated carbocycles. The number of carbonyl (C=O) groups excluding carboxylic acids is 1. The number of morpholine rings is 1. The maximum Gasteiger partial charge on any atom is 0.224 e. The van der Waals surface area contributed by atoms with Gasteiger partial charge in [-0.3, -0.25) is 4.79 Å². The largest absolute Gasteiger partial charge is 0.379 e. The smallest absolute Gasteiger partial charge is 0.224 e. The number of benzene rings is 2. The number of rotatable bonds is 7. The van der Waals surface area contributed by atoms with E-state index < -0.39 is 10.0 Å². The number of hydrogen-bond acceptors (Lipinski definition) is 4. The Labute approximate surface area is 176 Å².